The van der Waals surface area contributed by atoms with Crippen LogP contribution in [0.25, 0.3) is 0 Å². The van der Waals surface area contributed by atoms with Crippen molar-refractivity contribution in [2.75, 3.05) is 60.8 Å². The number of nitro groups is 1. The van der Waals surface area contributed by atoms with Gasteiger partial charge in [0, 0.05) is 56.6 Å². The van der Waals surface area contributed by atoms with Crippen LogP contribution in [-0.2, 0) is 6.54 Å². The van der Waals surface area contributed by atoms with Gasteiger partial charge >= 0.3 is 0 Å². The van der Waals surface area contributed by atoms with Crippen LogP contribution in [0, 0.1) is 10.1 Å². The summed E-state index contributed by atoms with van der Waals surface area (Å²) in [5.41, 5.74) is 2.08. The number of anilines is 4. The summed E-state index contributed by atoms with van der Waals surface area (Å²) in [6.45, 7) is 3.46. The second kappa shape index (κ2) is 12.7. The highest BCUT2D eigenvalue weighted by Crippen LogP contribution is 2.28. The second-order valence-electron chi connectivity index (χ2n) is 10.1. The molecule has 12 nitrogen and oxygen atoms in total. The summed E-state index contributed by atoms with van der Waals surface area (Å²) in [5, 5.41) is 17.9. The normalized spacial score (nSPS) is 15.9. The molecule has 40 heavy (non-hydrogen) atoms. The Bertz CT molecular complexity index is 1290. The van der Waals surface area contributed by atoms with Crippen molar-refractivity contribution in [3.8, 4) is 11.5 Å². The molecule has 5 rings (SSSR count). The van der Waals surface area contributed by atoms with Crippen molar-refractivity contribution in [3.05, 3.63) is 58.1 Å². The predicted octanol–water partition coefficient (Wildman–Crippen LogP) is 4.48. The lowest BCUT2D eigenvalue weighted by Crippen LogP contribution is -2.47. The average molecular weight is 549 g/mol. The van der Waals surface area contributed by atoms with Crippen molar-refractivity contribution in [3.63, 3.8) is 0 Å². The van der Waals surface area contributed by atoms with Crippen LogP contribution in [0.4, 0.5) is 29.2 Å². The van der Waals surface area contributed by atoms with Crippen LogP contribution in [0.3, 0.4) is 0 Å². The summed E-state index contributed by atoms with van der Waals surface area (Å²) >= 11 is 0. The zero-order chi connectivity index (χ0) is 27.9. The Labute approximate surface area is 233 Å². The van der Waals surface area contributed by atoms with Gasteiger partial charge in [-0.3, -0.25) is 10.1 Å². The van der Waals surface area contributed by atoms with E-state index in [1.807, 2.05) is 18.2 Å². The van der Waals surface area contributed by atoms with E-state index in [-0.39, 0.29) is 10.6 Å². The number of hydrogen-bond acceptors (Lipinski definition) is 11. The summed E-state index contributed by atoms with van der Waals surface area (Å²) in [4.78, 5) is 29.3. The molecule has 212 valence electrons. The molecule has 2 N–H and O–H groups in total. The fourth-order valence-corrected chi connectivity index (χ4v) is 5.20. The first-order valence-corrected chi connectivity index (χ1v) is 13.7. The molecule has 2 fully saturated rings. The maximum absolute atomic E-state index is 11.0. The molecule has 1 aliphatic heterocycles. The van der Waals surface area contributed by atoms with Gasteiger partial charge in [-0.25, -0.2) is 0 Å². The van der Waals surface area contributed by atoms with Gasteiger partial charge < -0.3 is 29.9 Å². The molecule has 0 bridgehead atoms. The molecule has 1 aromatic heterocycles. The molecule has 2 aliphatic rings. The van der Waals surface area contributed by atoms with Crippen LogP contribution in [-0.4, -0.2) is 66.3 Å². The molecule has 12 heteroatoms. The number of rotatable bonds is 10. The zero-order valence-corrected chi connectivity index (χ0v) is 23.0. The number of nitrogens with zero attached hydrogens (tertiary/aromatic N) is 6. The van der Waals surface area contributed by atoms with Crippen LogP contribution in [0.15, 0.2) is 42.5 Å². The van der Waals surface area contributed by atoms with Crippen LogP contribution in [0.2, 0.25) is 0 Å². The lowest BCUT2D eigenvalue weighted by atomic mass is 9.96. The summed E-state index contributed by atoms with van der Waals surface area (Å²) in [5.74, 6) is 3.08. The highest BCUT2D eigenvalue weighted by Gasteiger charge is 2.22. The molecule has 2 heterocycles. The summed E-state index contributed by atoms with van der Waals surface area (Å²) in [6.07, 6.45) is 5.93. The van der Waals surface area contributed by atoms with Crippen molar-refractivity contribution in [1.29, 1.82) is 0 Å². The van der Waals surface area contributed by atoms with Gasteiger partial charge in [0.1, 0.15) is 0 Å². The lowest BCUT2D eigenvalue weighted by Gasteiger charge is -2.36. The highest BCUT2D eigenvalue weighted by molar-refractivity contribution is 5.53. The van der Waals surface area contributed by atoms with Gasteiger partial charge in [0.05, 0.1) is 19.1 Å². The molecule has 0 amide bonds. The minimum atomic E-state index is -0.377. The second-order valence-corrected chi connectivity index (χ2v) is 10.1. The Morgan fingerprint density at radius 1 is 0.875 bits per heavy atom. The molecule has 1 saturated heterocycles. The van der Waals surface area contributed by atoms with Crippen molar-refractivity contribution in [1.82, 2.24) is 15.0 Å². The molecule has 0 spiro atoms. The van der Waals surface area contributed by atoms with Gasteiger partial charge in [-0.1, -0.05) is 25.3 Å². The third-order valence-electron chi connectivity index (χ3n) is 7.45. The van der Waals surface area contributed by atoms with Gasteiger partial charge in [0.2, 0.25) is 17.8 Å². The fraction of sp³-hybridized carbons (Fsp3) is 0.464. The van der Waals surface area contributed by atoms with E-state index in [1.54, 1.807) is 38.5 Å². The van der Waals surface area contributed by atoms with Crippen molar-refractivity contribution < 1.29 is 14.4 Å². The largest absolute Gasteiger partial charge is 0.493 e. The van der Waals surface area contributed by atoms with Crippen LogP contribution < -0.4 is 29.9 Å². The number of hydrogen-bond donors (Lipinski definition) is 2. The standard InChI is InChI=1S/C28H36N8O4/c1-39-24-13-8-20(18-25(24)40-2)19-29-26-31-27(30-21-6-4-3-5-7-21)33-28(32-26)35-16-14-34(15-17-35)22-9-11-23(12-10-22)36(37)38/h8-13,18,21H,3-7,14-17,19H2,1-2H3,(H2,29,30,31,32,33). The molecular weight excluding hydrogens is 512 g/mol. The summed E-state index contributed by atoms with van der Waals surface area (Å²) < 4.78 is 10.8. The topological polar surface area (TPSA) is 131 Å². The Morgan fingerprint density at radius 3 is 2.23 bits per heavy atom. The van der Waals surface area contributed by atoms with Crippen molar-refractivity contribution in [2.45, 2.75) is 44.7 Å². The molecule has 0 radical (unpaired) electrons. The Balaban J connectivity index is 1.30. The Hall–Kier alpha value is -4.35. The highest BCUT2D eigenvalue weighted by atomic mass is 16.6. The average Bonchev–Trinajstić information content (AvgIpc) is 3.00. The van der Waals surface area contributed by atoms with E-state index >= 15 is 0 Å². The predicted molar refractivity (Wildman–Crippen MR) is 155 cm³/mol. The number of nitro benzene ring substituents is 1. The van der Waals surface area contributed by atoms with E-state index in [4.69, 9.17) is 24.4 Å². The van der Waals surface area contributed by atoms with Gasteiger partial charge in [0.25, 0.3) is 5.69 Å². The van der Waals surface area contributed by atoms with Gasteiger partial charge in [0.15, 0.2) is 11.5 Å². The SMILES string of the molecule is COc1ccc(CNc2nc(NC3CCCCC3)nc(N3CCN(c4ccc([N+](=O)[O-])cc4)CC3)n2)cc1OC. The Morgan fingerprint density at radius 2 is 1.55 bits per heavy atom. The van der Waals surface area contributed by atoms with Crippen molar-refractivity contribution >= 4 is 29.2 Å². The number of nitrogens with one attached hydrogen (secondary N) is 2. The lowest BCUT2D eigenvalue weighted by molar-refractivity contribution is -0.384. The van der Waals surface area contributed by atoms with E-state index < -0.39 is 0 Å². The third kappa shape index (κ3) is 6.61. The van der Waals surface area contributed by atoms with Crippen LogP contribution in [0.1, 0.15) is 37.7 Å². The van der Waals surface area contributed by atoms with E-state index in [1.165, 1.54) is 19.3 Å². The molecule has 1 saturated carbocycles. The number of methoxy groups -OCH3 is 2. The summed E-state index contributed by atoms with van der Waals surface area (Å²) in [6, 6.07) is 12.9. The first kappa shape index (κ1) is 27.2. The third-order valence-corrected chi connectivity index (χ3v) is 7.45. The molecule has 3 aromatic rings. The maximum atomic E-state index is 11.0. The molecule has 0 atom stereocenters. The first-order valence-electron chi connectivity index (χ1n) is 13.7. The smallest absolute Gasteiger partial charge is 0.269 e. The zero-order valence-electron chi connectivity index (χ0n) is 23.0. The van der Waals surface area contributed by atoms with E-state index in [0.29, 0.717) is 41.9 Å². The van der Waals surface area contributed by atoms with Gasteiger partial charge in [-0.15, -0.1) is 0 Å². The molecule has 0 unspecified atom stereocenters. The number of benzene rings is 2. The summed E-state index contributed by atoms with van der Waals surface area (Å²) in [7, 11) is 3.24. The van der Waals surface area contributed by atoms with Crippen molar-refractivity contribution in [2.24, 2.45) is 0 Å². The number of ether oxygens (including phenoxy) is 2. The monoisotopic (exact) mass is 548 g/mol. The number of piperazine rings is 1. The molecular formula is C28H36N8O4. The van der Waals surface area contributed by atoms with Gasteiger partial charge in [-0.05, 0) is 42.7 Å². The first-order chi connectivity index (χ1) is 19.5. The van der Waals surface area contributed by atoms with Gasteiger partial charge in [-0.2, -0.15) is 15.0 Å². The quantitative estimate of drug-likeness (QED) is 0.275. The fourth-order valence-electron chi connectivity index (χ4n) is 5.20. The molecule has 2 aromatic carbocycles. The number of aromatic nitrogens is 3. The Kier molecular flexibility index (Phi) is 8.62. The molecule has 1 aliphatic carbocycles. The number of non-ortho nitro benzene ring substituents is 1. The minimum absolute atomic E-state index is 0.0960. The van der Waals surface area contributed by atoms with E-state index in [9.17, 15) is 10.1 Å². The van der Waals surface area contributed by atoms with E-state index in [0.717, 1.165) is 50.3 Å². The maximum Gasteiger partial charge on any atom is 0.269 e. The van der Waals surface area contributed by atoms with Crippen LogP contribution in [0.5, 0.6) is 11.5 Å². The minimum Gasteiger partial charge on any atom is -0.493 e. The van der Waals surface area contributed by atoms with E-state index in [2.05, 4.69) is 20.4 Å². The van der Waals surface area contributed by atoms with Crippen LogP contribution >= 0.6 is 0 Å².